The molecule has 0 aliphatic heterocycles. The molecule has 0 heterocycles. The third kappa shape index (κ3) is 3.32. The van der Waals surface area contributed by atoms with Crippen LogP contribution in [0.4, 0.5) is 0 Å². The number of carboxylic acid groups (broad SMARTS) is 1. The summed E-state index contributed by atoms with van der Waals surface area (Å²) in [5.41, 5.74) is 2.56. The summed E-state index contributed by atoms with van der Waals surface area (Å²) in [7, 11) is 0. The Hall–Kier alpha value is -1.31. The normalized spacial score (nSPS) is 16.8. The third-order valence-electron chi connectivity index (χ3n) is 3.50. The highest BCUT2D eigenvalue weighted by molar-refractivity contribution is 5.68. The van der Waals surface area contributed by atoms with Crippen molar-refractivity contribution in [2.24, 2.45) is 5.92 Å². The molecule has 2 heteroatoms. The lowest BCUT2D eigenvalue weighted by Crippen LogP contribution is -2.08. The minimum Gasteiger partial charge on any atom is -0.481 e. The highest BCUT2D eigenvalue weighted by Gasteiger charge is 2.33. The SMILES string of the molecule is CCCc1cccc(C(CC(=O)O)C2CC2)c1. The maximum absolute atomic E-state index is 10.9. The Morgan fingerprint density at radius 1 is 1.47 bits per heavy atom. The molecule has 1 atom stereocenters. The number of hydrogen-bond acceptors (Lipinski definition) is 1. The minimum absolute atomic E-state index is 0.226. The largest absolute Gasteiger partial charge is 0.481 e. The van der Waals surface area contributed by atoms with Crippen molar-refractivity contribution in [1.82, 2.24) is 0 Å². The number of rotatable bonds is 6. The van der Waals surface area contributed by atoms with Gasteiger partial charge in [-0.15, -0.1) is 0 Å². The number of hydrogen-bond donors (Lipinski definition) is 1. The summed E-state index contributed by atoms with van der Waals surface area (Å²) in [6, 6.07) is 8.50. The molecule has 0 bridgehead atoms. The second-order valence-corrected chi connectivity index (χ2v) is 5.04. The van der Waals surface area contributed by atoms with Gasteiger partial charge in [0, 0.05) is 0 Å². The molecule has 0 radical (unpaired) electrons. The van der Waals surface area contributed by atoms with E-state index in [1.165, 1.54) is 24.0 Å². The quantitative estimate of drug-likeness (QED) is 0.813. The summed E-state index contributed by atoms with van der Waals surface area (Å²) < 4.78 is 0. The Morgan fingerprint density at radius 3 is 2.82 bits per heavy atom. The fraction of sp³-hybridized carbons (Fsp3) is 0.533. The topological polar surface area (TPSA) is 37.3 Å². The second-order valence-electron chi connectivity index (χ2n) is 5.04. The molecule has 1 N–H and O–H groups in total. The van der Waals surface area contributed by atoms with Gasteiger partial charge in [-0.05, 0) is 42.2 Å². The highest BCUT2D eigenvalue weighted by Crippen LogP contribution is 2.44. The molecule has 17 heavy (non-hydrogen) atoms. The van der Waals surface area contributed by atoms with E-state index < -0.39 is 5.97 Å². The van der Waals surface area contributed by atoms with Crippen molar-refractivity contribution in [3.63, 3.8) is 0 Å². The van der Waals surface area contributed by atoms with Crippen LogP contribution in [0.1, 0.15) is 49.7 Å². The predicted octanol–water partition coefficient (Wildman–Crippen LogP) is 3.61. The Labute approximate surface area is 103 Å². The molecule has 92 valence electrons. The molecule has 2 nitrogen and oxygen atoms in total. The predicted molar refractivity (Wildman–Crippen MR) is 68.2 cm³/mol. The van der Waals surface area contributed by atoms with Gasteiger partial charge in [0.05, 0.1) is 6.42 Å². The molecule has 0 aromatic heterocycles. The van der Waals surface area contributed by atoms with E-state index in [9.17, 15) is 4.79 Å². The van der Waals surface area contributed by atoms with Crippen LogP contribution < -0.4 is 0 Å². The summed E-state index contributed by atoms with van der Waals surface area (Å²) >= 11 is 0. The molecule has 1 aliphatic carbocycles. The summed E-state index contributed by atoms with van der Waals surface area (Å²) in [5.74, 6) is 0.148. The van der Waals surface area contributed by atoms with E-state index in [0.717, 1.165) is 12.8 Å². The van der Waals surface area contributed by atoms with Gasteiger partial charge < -0.3 is 5.11 Å². The van der Waals surface area contributed by atoms with Crippen molar-refractivity contribution < 1.29 is 9.90 Å². The minimum atomic E-state index is -0.678. The van der Waals surface area contributed by atoms with Crippen LogP contribution in [0.15, 0.2) is 24.3 Å². The lowest BCUT2D eigenvalue weighted by molar-refractivity contribution is -0.137. The maximum atomic E-state index is 10.9. The summed E-state index contributed by atoms with van der Waals surface area (Å²) in [5, 5.41) is 8.99. The Balaban J connectivity index is 2.16. The van der Waals surface area contributed by atoms with Crippen LogP contribution in [0.2, 0.25) is 0 Å². The van der Waals surface area contributed by atoms with E-state index in [4.69, 9.17) is 5.11 Å². The number of carbonyl (C=O) groups is 1. The van der Waals surface area contributed by atoms with E-state index >= 15 is 0 Å². The van der Waals surface area contributed by atoms with Gasteiger partial charge in [0.15, 0.2) is 0 Å². The van der Waals surface area contributed by atoms with Gasteiger partial charge in [0.25, 0.3) is 0 Å². The molecule has 2 rings (SSSR count). The Morgan fingerprint density at radius 2 is 2.24 bits per heavy atom. The van der Waals surface area contributed by atoms with E-state index in [1.54, 1.807) is 0 Å². The van der Waals surface area contributed by atoms with E-state index in [1.807, 2.05) is 0 Å². The molecule has 1 saturated carbocycles. The molecule has 1 aromatic rings. The standard InChI is InChI=1S/C15H20O2/c1-2-4-11-5-3-6-13(9-11)14(10-15(16)17)12-7-8-12/h3,5-6,9,12,14H,2,4,7-8,10H2,1H3,(H,16,17). The first-order valence-electron chi connectivity index (χ1n) is 6.51. The zero-order valence-corrected chi connectivity index (χ0v) is 10.4. The van der Waals surface area contributed by atoms with E-state index in [0.29, 0.717) is 5.92 Å². The number of carboxylic acids is 1. The van der Waals surface area contributed by atoms with Crippen LogP contribution in [-0.4, -0.2) is 11.1 Å². The van der Waals surface area contributed by atoms with Crippen LogP contribution >= 0.6 is 0 Å². The van der Waals surface area contributed by atoms with Crippen LogP contribution in [-0.2, 0) is 11.2 Å². The first-order chi connectivity index (χ1) is 8.20. The molecule has 0 spiro atoms. The van der Waals surface area contributed by atoms with Crippen molar-refractivity contribution in [3.05, 3.63) is 35.4 Å². The van der Waals surface area contributed by atoms with Gasteiger partial charge >= 0.3 is 5.97 Å². The average molecular weight is 232 g/mol. The first-order valence-corrected chi connectivity index (χ1v) is 6.51. The number of benzene rings is 1. The highest BCUT2D eigenvalue weighted by atomic mass is 16.4. The third-order valence-corrected chi connectivity index (χ3v) is 3.50. The lowest BCUT2D eigenvalue weighted by atomic mass is 9.89. The molecule has 0 amide bonds. The van der Waals surface area contributed by atoms with Gasteiger partial charge in [0.1, 0.15) is 0 Å². The Bertz CT molecular complexity index is 394. The van der Waals surface area contributed by atoms with Gasteiger partial charge in [-0.25, -0.2) is 0 Å². The van der Waals surface area contributed by atoms with Crippen molar-refractivity contribution >= 4 is 5.97 Å². The van der Waals surface area contributed by atoms with Crippen LogP contribution in [0, 0.1) is 5.92 Å². The Kier molecular flexibility index (Phi) is 3.82. The lowest BCUT2D eigenvalue weighted by Gasteiger charge is -2.15. The average Bonchev–Trinajstić information content (AvgIpc) is 3.10. The van der Waals surface area contributed by atoms with E-state index in [2.05, 4.69) is 31.2 Å². The smallest absolute Gasteiger partial charge is 0.303 e. The maximum Gasteiger partial charge on any atom is 0.303 e. The second kappa shape index (κ2) is 5.35. The molecule has 1 unspecified atom stereocenters. The van der Waals surface area contributed by atoms with Crippen molar-refractivity contribution in [3.8, 4) is 0 Å². The van der Waals surface area contributed by atoms with Gasteiger partial charge in [-0.3, -0.25) is 4.79 Å². The van der Waals surface area contributed by atoms with E-state index in [-0.39, 0.29) is 12.3 Å². The van der Waals surface area contributed by atoms with Crippen molar-refractivity contribution in [1.29, 1.82) is 0 Å². The van der Waals surface area contributed by atoms with Crippen LogP contribution in [0.3, 0.4) is 0 Å². The van der Waals surface area contributed by atoms with Crippen molar-refractivity contribution in [2.75, 3.05) is 0 Å². The summed E-state index contributed by atoms with van der Waals surface area (Å²) in [4.78, 5) is 10.9. The van der Waals surface area contributed by atoms with Gasteiger partial charge in [0.2, 0.25) is 0 Å². The van der Waals surface area contributed by atoms with Gasteiger partial charge in [-0.2, -0.15) is 0 Å². The fourth-order valence-electron chi connectivity index (χ4n) is 2.51. The van der Waals surface area contributed by atoms with Crippen LogP contribution in [0.25, 0.3) is 0 Å². The molecule has 1 fully saturated rings. The monoisotopic (exact) mass is 232 g/mol. The molecule has 0 saturated heterocycles. The molecule has 1 aromatic carbocycles. The molecule has 1 aliphatic rings. The summed E-state index contributed by atoms with van der Waals surface area (Å²) in [6.07, 6.45) is 4.88. The number of aliphatic carboxylic acids is 1. The zero-order chi connectivity index (χ0) is 12.3. The van der Waals surface area contributed by atoms with Crippen LogP contribution in [0.5, 0.6) is 0 Å². The van der Waals surface area contributed by atoms with Crippen molar-refractivity contribution in [2.45, 2.75) is 44.9 Å². The first kappa shape index (κ1) is 12.2. The number of aryl methyl sites for hydroxylation is 1. The van der Waals surface area contributed by atoms with Gasteiger partial charge in [-0.1, -0.05) is 37.6 Å². The molecular weight excluding hydrogens is 212 g/mol. The fourth-order valence-corrected chi connectivity index (χ4v) is 2.51. The summed E-state index contributed by atoms with van der Waals surface area (Å²) in [6.45, 7) is 2.17. The zero-order valence-electron chi connectivity index (χ0n) is 10.4. The molecular formula is C15H20O2.